The van der Waals surface area contributed by atoms with Crippen LogP contribution >= 0.6 is 11.8 Å². The van der Waals surface area contributed by atoms with Gasteiger partial charge in [0.05, 0.1) is 30.4 Å². The quantitative estimate of drug-likeness (QED) is 0.219. The Morgan fingerprint density at radius 3 is 2.71 bits per heavy atom. The summed E-state index contributed by atoms with van der Waals surface area (Å²) in [5.74, 6) is 5.23. The Morgan fingerprint density at radius 2 is 1.91 bits per heavy atom. The molecule has 0 aliphatic carbocycles. The van der Waals surface area contributed by atoms with Crippen molar-refractivity contribution in [3.8, 4) is 11.5 Å². The molecule has 1 aromatic heterocycles. The Morgan fingerprint density at radius 1 is 1.15 bits per heavy atom. The SMILES string of the molecule is CN(C)Cc1ccc(CSCCNC(=C[N+](=O)[O-])NCCOCc2ccc3c(c2)OCCO3)o1. The molecule has 0 spiro atoms. The summed E-state index contributed by atoms with van der Waals surface area (Å²) in [6.45, 7) is 3.70. The lowest BCUT2D eigenvalue weighted by atomic mass is 10.2. The smallest absolute Gasteiger partial charge is 0.274 e. The highest BCUT2D eigenvalue weighted by Gasteiger charge is 2.11. The predicted molar refractivity (Wildman–Crippen MR) is 130 cm³/mol. The highest BCUT2D eigenvalue weighted by molar-refractivity contribution is 7.98. The van der Waals surface area contributed by atoms with Crippen molar-refractivity contribution in [3.05, 3.63) is 69.6 Å². The fourth-order valence-electron chi connectivity index (χ4n) is 3.21. The largest absolute Gasteiger partial charge is 0.486 e. The Balaban J connectivity index is 1.30. The third kappa shape index (κ3) is 9.16. The monoisotopic (exact) mass is 492 g/mol. The molecule has 10 nitrogen and oxygen atoms in total. The normalized spacial score (nSPS) is 13.2. The molecule has 186 valence electrons. The second kappa shape index (κ2) is 13.7. The van der Waals surface area contributed by atoms with Crippen molar-refractivity contribution in [2.24, 2.45) is 0 Å². The van der Waals surface area contributed by atoms with Gasteiger partial charge < -0.3 is 34.2 Å². The number of ether oxygens (including phenoxy) is 3. The van der Waals surface area contributed by atoms with Crippen LogP contribution in [0.3, 0.4) is 0 Å². The highest BCUT2D eigenvalue weighted by Crippen LogP contribution is 2.30. The molecule has 0 saturated carbocycles. The summed E-state index contributed by atoms with van der Waals surface area (Å²) in [5.41, 5.74) is 0.978. The van der Waals surface area contributed by atoms with Crippen molar-refractivity contribution < 1.29 is 23.6 Å². The van der Waals surface area contributed by atoms with Gasteiger partial charge in [0.2, 0.25) is 0 Å². The van der Waals surface area contributed by atoms with E-state index in [0.29, 0.717) is 45.3 Å². The molecule has 1 aliphatic heterocycles. The molecular weight excluding hydrogens is 460 g/mol. The number of nitro groups is 1. The van der Waals surface area contributed by atoms with E-state index in [4.69, 9.17) is 18.6 Å². The van der Waals surface area contributed by atoms with E-state index in [1.165, 1.54) is 0 Å². The van der Waals surface area contributed by atoms with E-state index >= 15 is 0 Å². The molecule has 2 aromatic rings. The van der Waals surface area contributed by atoms with E-state index in [-0.39, 0.29) is 0 Å². The first-order valence-electron chi connectivity index (χ1n) is 11.1. The molecular formula is C23H32N4O6S. The molecule has 0 unspecified atom stereocenters. The van der Waals surface area contributed by atoms with Gasteiger partial charge in [-0.1, -0.05) is 6.07 Å². The summed E-state index contributed by atoms with van der Waals surface area (Å²) in [7, 11) is 4.00. The van der Waals surface area contributed by atoms with Gasteiger partial charge in [-0.15, -0.1) is 0 Å². The van der Waals surface area contributed by atoms with Crippen molar-refractivity contribution in [1.82, 2.24) is 15.5 Å². The minimum Gasteiger partial charge on any atom is -0.486 e. The van der Waals surface area contributed by atoms with E-state index < -0.39 is 4.92 Å². The van der Waals surface area contributed by atoms with Crippen LogP contribution in [-0.2, 0) is 23.6 Å². The topological polar surface area (TPSA) is 111 Å². The molecule has 0 fully saturated rings. The van der Waals surface area contributed by atoms with Gasteiger partial charge in [-0.2, -0.15) is 11.8 Å². The zero-order valence-electron chi connectivity index (χ0n) is 19.6. The first kappa shape index (κ1) is 25.7. The maximum Gasteiger partial charge on any atom is 0.274 e. The lowest BCUT2D eigenvalue weighted by molar-refractivity contribution is -0.404. The van der Waals surface area contributed by atoms with Gasteiger partial charge in [0.25, 0.3) is 6.20 Å². The summed E-state index contributed by atoms with van der Waals surface area (Å²) >= 11 is 1.70. The van der Waals surface area contributed by atoms with Crippen LogP contribution in [0.5, 0.6) is 11.5 Å². The molecule has 0 saturated heterocycles. The van der Waals surface area contributed by atoms with Gasteiger partial charge in [0.1, 0.15) is 24.7 Å². The minimum atomic E-state index is -0.479. The summed E-state index contributed by atoms with van der Waals surface area (Å²) in [4.78, 5) is 12.5. The first-order valence-corrected chi connectivity index (χ1v) is 12.2. The van der Waals surface area contributed by atoms with Crippen LogP contribution in [0, 0.1) is 10.1 Å². The van der Waals surface area contributed by atoms with Crippen molar-refractivity contribution in [2.45, 2.75) is 18.9 Å². The molecule has 2 N–H and O–H groups in total. The molecule has 1 aliphatic rings. The predicted octanol–water partition coefficient (Wildman–Crippen LogP) is 2.82. The number of nitrogens with one attached hydrogen (secondary N) is 2. The van der Waals surface area contributed by atoms with Gasteiger partial charge in [-0.25, -0.2) is 0 Å². The molecule has 34 heavy (non-hydrogen) atoms. The number of benzene rings is 1. The van der Waals surface area contributed by atoms with Gasteiger partial charge in [0.15, 0.2) is 17.3 Å². The number of hydrogen-bond donors (Lipinski definition) is 2. The molecule has 0 atom stereocenters. The molecule has 0 radical (unpaired) electrons. The minimum absolute atomic E-state index is 0.361. The number of rotatable bonds is 15. The fourth-order valence-corrected chi connectivity index (χ4v) is 3.96. The number of furan rings is 1. The van der Waals surface area contributed by atoms with E-state index in [1.54, 1.807) is 11.8 Å². The van der Waals surface area contributed by atoms with Gasteiger partial charge in [-0.3, -0.25) is 10.1 Å². The van der Waals surface area contributed by atoms with E-state index in [0.717, 1.165) is 52.8 Å². The van der Waals surface area contributed by atoms with Crippen molar-refractivity contribution >= 4 is 11.8 Å². The van der Waals surface area contributed by atoms with E-state index in [1.807, 2.05) is 44.4 Å². The highest BCUT2D eigenvalue weighted by atomic mass is 32.2. The molecule has 1 aromatic carbocycles. The van der Waals surface area contributed by atoms with Gasteiger partial charge in [0, 0.05) is 18.8 Å². The first-order chi connectivity index (χ1) is 16.5. The number of fused-ring (bicyclic) bond motifs is 1. The average Bonchev–Trinajstić information content (AvgIpc) is 3.24. The van der Waals surface area contributed by atoms with E-state index in [9.17, 15) is 10.1 Å². The van der Waals surface area contributed by atoms with Crippen LogP contribution in [0.4, 0.5) is 0 Å². The number of nitrogens with zero attached hydrogens (tertiary/aromatic N) is 2. The Hall–Kier alpha value is -2.89. The van der Waals surface area contributed by atoms with Gasteiger partial charge in [-0.05, 0) is 43.9 Å². The van der Waals surface area contributed by atoms with Crippen LogP contribution in [-0.4, -0.2) is 62.6 Å². The lowest BCUT2D eigenvalue weighted by Gasteiger charge is -2.18. The Labute approximate surface area is 203 Å². The molecule has 2 heterocycles. The standard InChI is InChI=1S/C23H32N4O6S/c1-26(2)14-19-4-5-20(33-19)17-34-12-8-25-23(15-27(28)29)24-7-9-30-16-18-3-6-21-22(13-18)32-11-10-31-21/h3-6,13,15,24-25H,7-12,14,16-17H2,1-2H3. The fraction of sp³-hybridized carbons (Fsp3) is 0.478. The summed E-state index contributed by atoms with van der Waals surface area (Å²) in [6, 6.07) is 9.70. The maximum absolute atomic E-state index is 10.9. The Bertz CT molecular complexity index is 949. The molecule has 3 rings (SSSR count). The molecule has 0 bridgehead atoms. The second-order valence-corrected chi connectivity index (χ2v) is 8.98. The third-order valence-corrected chi connectivity index (χ3v) is 5.65. The van der Waals surface area contributed by atoms with Crippen LogP contribution in [0.15, 0.2) is 46.8 Å². The Kier molecular flexibility index (Phi) is 10.4. The summed E-state index contributed by atoms with van der Waals surface area (Å²) in [5, 5.41) is 17.0. The zero-order valence-corrected chi connectivity index (χ0v) is 20.4. The average molecular weight is 493 g/mol. The van der Waals surface area contributed by atoms with Crippen molar-refractivity contribution in [2.75, 3.05) is 52.8 Å². The summed E-state index contributed by atoms with van der Waals surface area (Å²) < 4.78 is 22.6. The van der Waals surface area contributed by atoms with Crippen molar-refractivity contribution in [3.63, 3.8) is 0 Å². The molecule has 0 amide bonds. The summed E-state index contributed by atoms with van der Waals surface area (Å²) in [6.07, 6.45) is 0.936. The second-order valence-electron chi connectivity index (χ2n) is 7.87. The van der Waals surface area contributed by atoms with Crippen LogP contribution in [0.1, 0.15) is 17.1 Å². The van der Waals surface area contributed by atoms with Crippen LogP contribution < -0.4 is 20.1 Å². The van der Waals surface area contributed by atoms with Crippen LogP contribution in [0.2, 0.25) is 0 Å². The number of hydrogen-bond acceptors (Lipinski definition) is 10. The van der Waals surface area contributed by atoms with Crippen LogP contribution in [0.25, 0.3) is 0 Å². The molecule has 11 heteroatoms. The zero-order chi connectivity index (χ0) is 24.2. The third-order valence-electron chi connectivity index (χ3n) is 4.67. The van der Waals surface area contributed by atoms with E-state index in [2.05, 4.69) is 15.5 Å². The lowest BCUT2D eigenvalue weighted by Crippen LogP contribution is -2.31. The number of thioether (sulfide) groups is 1. The maximum atomic E-state index is 10.9. The van der Waals surface area contributed by atoms with Gasteiger partial charge >= 0.3 is 0 Å². The van der Waals surface area contributed by atoms with Crippen molar-refractivity contribution in [1.29, 1.82) is 0 Å².